The van der Waals surface area contributed by atoms with Crippen LogP contribution in [-0.2, 0) is 4.79 Å². The summed E-state index contributed by atoms with van der Waals surface area (Å²) in [6, 6.07) is 5.11. The van der Waals surface area contributed by atoms with Crippen molar-refractivity contribution in [3.05, 3.63) is 18.2 Å². The number of hydrazone groups is 1. The molecule has 2 rings (SSSR count). The molecule has 1 aliphatic rings. The minimum Gasteiger partial charge on any atom is -0.497 e. The van der Waals surface area contributed by atoms with Crippen LogP contribution in [0.1, 0.15) is 6.42 Å². The molecule has 1 aromatic rings. The Balaban J connectivity index is 2.41. The molecule has 0 aliphatic carbocycles. The van der Waals surface area contributed by atoms with E-state index in [0.717, 1.165) is 0 Å². The number of rotatable bonds is 3. The van der Waals surface area contributed by atoms with Crippen LogP contribution in [0.4, 0.5) is 5.69 Å². The predicted octanol–water partition coefficient (Wildman–Crippen LogP) is 0.713. The second-order valence-electron chi connectivity index (χ2n) is 3.54. The van der Waals surface area contributed by atoms with E-state index in [1.807, 2.05) is 0 Å². The molecular formula is C11H13N3O3. The number of amides is 1. The molecule has 0 atom stereocenters. The van der Waals surface area contributed by atoms with Gasteiger partial charge in [-0.3, -0.25) is 4.79 Å². The summed E-state index contributed by atoms with van der Waals surface area (Å²) in [5, 5.41) is 5.21. The lowest BCUT2D eigenvalue weighted by atomic mass is 10.2. The SMILES string of the molecule is COc1cc(OC)cc(N2N=C(N)CC2=O)c1. The van der Waals surface area contributed by atoms with Gasteiger partial charge in [-0.2, -0.15) is 10.1 Å². The summed E-state index contributed by atoms with van der Waals surface area (Å²) in [4.78, 5) is 11.6. The molecule has 0 spiro atoms. The summed E-state index contributed by atoms with van der Waals surface area (Å²) in [6.07, 6.45) is 0.138. The average Bonchev–Trinajstić information content (AvgIpc) is 2.67. The number of carbonyl (C=O) groups is 1. The molecule has 0 bridgehead atoms. The van der Waals surface area contributed by atoms with Gasteiger partial charge in [0.15, 0.2) is 0 Å². The highest BCUT2D eigenvalue weighted by Crippen LogP contribution is 2.30. The highest BCUT2D eigenvalue weighted by molar-refractivity contribution is 6.11. The summed E-state index contributed by atoms with van der Waals surface area (Å²) >= 11 is 0. The van der Waals surface area contributed by atoms with Gasteiger partial charge in [-0.05, 0) is 0 Å². The topological polar surface area (TPSA) is 77.2 Å². The van der Waals surface area contributed by atoms with E-state index in [-0.39, 0.29) is 12.3 Å². The van der Waals surface area contributed by atoms with Gasteiger partial charge in [-0.15, -0.1) is 0 Å². The molecule has 6 heteroatoms. The molecule has 90 valence electrons. The number of hydrogen-bond acceptors (Lipinski definition) is 5. The summed E-state index contributed by atoms with van der Waals surface area (Å²) in [5.74, 6) is 1.32. The van der Waals surface area contributed by atoms with Crippen LogP contribution in [0.2, 0.25) is 0 Å². The number of ether oxygens (including phenoxy) is 2. The molecular weight excluding hydrogens is 222 g/mol. The first-order valence-electron chi connectivity index (χ1n) is 5.03. The lowest BCUT2D eigenvalue weighted by Crippen LogP contribution is -2.19. The first kappa shape index (κ1) is 11.3. The first-order valence-corrected chi connectivity index (χ1v) is 5.03. The Bertz CT molecular complexity index is 463. The van der Waals surface area contributed by atoms with E-state index < -0.39 is 0 Å². The molecule has 2 N–H and O–H groups in total. The summed E-state index contributed by atoms with van der Waals surface area (Å²) in [5.41, 5.74) is 6.09. The van der Waals surface area contributed by atoms with Crippen molar-refractivity contribution in [2.24, 2.45) is 10.8 Å². The van der Waals surface area contributed by atoms with Gasteiger partial charge in [0.1, 0.15) is 17.3 Å². The first-order chi connectivity index (χ1) is 8.13. The summed E-state index contributed by atoms with van der Waals surface area (Å²) < 4.78 is 10.2. The number of carbonyl (C=O) groups excluding carboxylic acids is 1. The fraction of sp³-hybridized carbons (Fsp3) is 0.273. The summed E-state index contributed by atoms with van der Waals surface area (Å²) in [7, 11) is 3.09. The van der Waals surface area contributed by atoms with Crippen LogP contribution in [-0.4, -0.2) is 26.0 Å². The van der Waals surface area contributed by atoms with Gasteiger partial charge in [0.2, 0.25) is 0 Å². The molecule has 0 fully saturated rings. The molecule has 1 aromatic carbocycles. The number of nitrogens with zero attached hydrogens (tertiary/aromatic N) is 2. The predicted molar refractivity (Wildman–Crippen MR) is 63.3 cm³/mol. The van der Waals surface area contributed by atoms with Crippen LogP contribution in [0.3, 0.4) is 0 Å². The van der Waals surface area contributed by atoms with E-state index in [4.69, 9.17) is 15.2 Å². The van der Waals surface area contributed by atoms with Crippen LogP contribution in [0.15, 0.2) is 23.3 Å². The van der Waals surface area contributed by atoms with Crippen LogP contribution < -0.4 is 20.2 Å². The second kappa shape index (κ2) is 4.32. The number of anilines is 1. The van der Waals surface area contributed by atoms with Gasteiger partial charge in [-0.25, -0.2) is 0 Å². The van der Waals surface area contributed by atoms with Crippen molar-refractivity contribution in [1.82, 2.24) is 0 Å². The lowest BCUT2D eigenvalue weighted by molar-refractivity contribution is -0.116. The molecule has 0 saturated heterocycles. The number of amidine groups is 1. The van der Waals surface area contributed by atoms with Gasteiger partial charge < -0.3 is 15.2 Å². The van der Waals surface area contributed by atoms with Gasteiger partial charge in [0.25, 0.3) is 5.91 Å². The quantitative estimate of drug-likeness (QED) is 0.837. The highest BCUT2D eigenvalue weighted by Gasteiger charge is 2.24. The Morgan fingerprint density at radius 3 is 2.24 bits per heavy atom. The number of nitrogens with two attached hydrogens (primary N) is 1. The zero-order chi connectivity index (χ0) is 12.4. The fourth-order valence-electron chi connectivity index (χ4n) is 1.57. The van der Waals surface area contributed by atoms with Crippen LogP contribution in [0, 0.1) is 0 Å². The smallest absolute Gasteiger partial charge is 0.255 e. The van der Waals surface area contributed by atoms with E-state index in [1.54, 1.807) is 32.4 Å². The third-order valence-corrected chi connectivity index (χ3v) is 2.38. The normalized spacial score (nSPS) is 14.8. The van der Waals surface area contributed by atoms with Crippen LogP contribution in [0.25, 0.3) is 0 Å². The zero-order valence-corrected chi connectivity index (χ0v) is 9.64. The van der Waals surface area contributed by atoms with Crippen molar-refractivity contribution < 1.29 is 14.3 Å². The third kappa shape index (κ3) is 2.15. The third-order valence-electron chi connectivity index (χ3n) is 2.38. The minimum atomic E-state index is -0.169. The monoisotopic (exact) mass is 235 g/mol. The number of hydrogen-bond donors (Lipinski definition) is 1. The Hall–Kier alpha value is -2.24. The maximum absolute atomic E-state index is 11.6. The molecule has 1 aliphatic heterocycles. The summed E-state index contributed by atoms with van der Waals surface area (Å²) in [6.45, 7) is 0. The van der Waals surface area contributed by atoms with Gasteiger partial charge >= 0.3 is 0 Å². The van der Waals surface area contributed by atoms with Crippen molar-refractivity contribution in [1.29, 1.82) is 0 Å². The molecule has 6 nitrogen and oxygen atoms in total. The minimum absolute atomic E-state index is 0.138. The van der Waals surface area contributed by atoms with E-state index in [9.17, 15) is 4.79 Å². The molecule has 1 amide bonds. The zero-order valence-electron chi connectivity index (χ0n) is 9.64. The maximum atomic E-state index is 11.6. The lowest BCUT2D eigenvalue weighted by Gasteiger charge is -2.14. The Kier molecular flexibility index (Phi) is 2.86. The van der Waals surface area contributed by atoms with Crippen molar-refractivity contribution in [3.63, 3.8) is 0 Å². The van der Waals surface area contributed by atoms with Crippen molar-refractivity contribution >= 4 is 17.4 Å². The molecule has 1 heterocycles. The largest absolute Gasteiger partial charge is 0.497 e. The second-order valence-corrected chi connectivity index (χ2v) is 3.54. The molecule has 17 heavy (non-hydrogen) atoms. The average molecular weight is 235 g/mol. The molecule has 0 aromatic heterocycles. The van der Waals surface area contributed by atoms with Crippen molar-refractivity contribution in [3.8, 4) is 11.5 Å². The highest BCUT2D eigenvalue weighted by atomic mass is 16.5. The Labute approximate surface area is 98.6 Å². The van der Waals surface area contributed by atoms with Gasteiger partial charge in [-0.1, -0.05) is 0 Å². The van der Waals surface area contributed by atoms with Gasteiger partial charge in [0.05, 0.1) is 26.3 Å². The number of methoxy groups -OCH3 is 2. The van der Waals surface area contributed by atoms with Crippen molar-refractivity contribution in [2.75, 3.05) is 19.2 Å². The Morgan fingerprint density at radius 2 is 1.82 bits per heavy atom. The van der Waals surface area contributed by atoms with E-state index in [0.29, 0.717) is 23.0 Å². The fourth-order valence-corrected chi connectivity index (χ4v) is 1.57. The van der Waals surface area contributed by atoms with E-state index in [1.165, 1.54) is 5.01 Å². The molecule has 0 saturated carbocycles. The number of benzene rings is 1. The maximum Gasteiger partial charge on any atom is 0.255 e. The van der Waals surface area contributed by atoms with E-state index in [2.05, 4.69) is 5.10 Å². The van der Waals surface area contributed by atoms with Gasteiger partial charge in [0, 0.05) is 18.2 Å². The van der Waals surface area contributed by atoms with Crippen molar-refractivity contribution in [2.45, 2.75) is 6.42 Å². The van der Waals surface area contributed by atoms with Crippen LogP contribution >= 0.6 is 0 Å². The molecule has 0 unspecified atom stereocenters. The van der Waals surface area contributed by atoms with E-state index >= 15 is 0 Å². The standard InChI is InChI=1S/C11H13N3O3/c1-16-8-3-7(4-9(5-8)17-2)14-11(15)6-10(12)13-14/h3-5H,6H2,1-2H3,(H2,12,13). The molecule has 0 radical (unpaired) electrons. The Morgan fingerprint density at radius 1 is 1.24 bits per heavy atom. The van der Waals surface area contributed by atoms with Crippen LogP contribution in [0.5, 0.6) is 11.5 Å².